The molecule has 0 aromatic heterocycles. The van der Waals surface area contributed by atoms with Gasteiger partial charge in [0.25, 0.3) is 0 Å². The van der Waals surface area contributed by atoms with Crippen LogP contribution in [-0.4, -0.2) is 56.6 Å². The highest BCUT2D eigenvalue weighted by atomic mass is 32.2. The number of carboxylic acid groups (broad SMARTS) is 1. The van der Waals surface area contributed by atoms with Crippen molar-refractivity contribution >= 4 is 22.0 Å². The minimum Gasteiger partial charge on any atom is -0.495 e. The van der Waals surface area contributed by atoms with Crippen LogP contribution in [-0.2, 0) is 19.6 Å². The molecule has 1 aliphatic heterocycles. The molecule has 1 aliphatic rings. The SMILES string of the molecule is COC(=O)c1ccc(OC)c(S(=O)(=O)N2CC(C(=O)O)CCC2C)c1. The van der Waals surface area contributed by atoms with Gasteiger partial charge >= 0.3 is 11.9 Å². The number of carbonyl (C=O) groups is 2. The molecule has 1 fully saturated rings. The molecule has 0 spiro atoms. The number of nitrogens with zero attached hydrogens (tertiary/aromatic N) is 1. The number of hydrogen-bond donors (Lipinski definition) is 1. The van der Waals surface area contributed by atoms with Crippen LogP contribution >= 0.6 is 0 Å². The molecule has 1 aromatic carbocycles. The van der Waals surface area contributed by atoms with Crippen LogP contribution in [0.1, 0.15) is 30.1 Å². The lowest BCUT2D eigenvalue weighted by atomic mass is 9.96. The van der Waals surface area contributed by atoms with Crippen molar-refractivity contribution in [3.8, 4) is 5.75 Å². The molecule has 0 bridgehead atoms. The van der Waals surface area contributed by atoms with Gasteiger partial charge in [0, 0.05) is 12.6 Å². The third kappa shape index (κ3) is 3.77. The summed E-state index contributed by atoms with van der Waals surface area (Å²) in [4.78, 5) is 22.8. The first-order chi connectivity index (χ1) is 11.7. The van der Waals surface area contributed by atoms with Crippen molar-refractivity contribution in [3.05, 3.63) is 23.8 Å². The zero-order valence-corrected chi connectivity index (χ0v) is 15.1. The minimum atomic E-state index is -4.05. The smallest absolute Gasteiger partial charge is 0.337 e. The van der Waals surface area contributed by atoms with Gasteiger partial charge in [-0.1, -0.05) is 0 Å². The van der Waals surface area contributed by atoms with E-state index in [2.05, 4.69) is 4.74 Å². The average Bonchev–Trinajstić information content (AvgIpc) is 2.60. The Kier molecular flexibility index (Phi) is 5.69. The van der Waals surface area contributed by atoms with Gasteiger partial charge in [0.2, 0.25) is 10.0 Å². The summed E-state index contributed by atoms with van der Waals surface area (Å²) in [6, 6.07) is 3.62. The molecule has 1 heterocycles. The van der Waals surface area contributed by atoms with Crippen LogP contribution in [0.2, 0.25) is 0 Å². The van der Waals surface area contributed by atoms with Crippen LogP contribution in [0, 0.1) is 5.92 Å². The van der Waals surface area contributed by atoms with Crippen LogP contribution in [0.4, 0.5) is 0 Å². The lowest BCUT2D eigenvalue weighted by molar-refractivity contribution is -0.143. The maximum atomic E-state index is 13.1. The monoisotopic (exact) mass is 371 g/mol. The Bertz CT molecular complexity index is 775. The molecule has 0 aliphatic carbocycles. The van der Waals surface area contributed by atoms with E-state index in [0.717, 1.165) is 4.31 Å². The Morgan fingerprint density at radius 3 is 2.48 bits per heavy atom. The number of benzene rings is 1. The molecule has 25 heavy (non-hydrogen) atoms. The average molecular weight is 371 g/mol. The molecule has 2 atom stereocenters. The van der Waals surface area contributed by atoms with Gasteiger partial charge in [-0.25, -0.2) is 13.2 Å². The molecule has 1 saturated heterocycles. The number of carbonyl (C=O) groups excluding carboxylic acids is 1. The molecule has 9 heteroatoms. The molecule has 1 aromatic rings. The number of aliphatic carboxylic acids is 1. The van der Waals surface area contributed by atoms with E-state index in [1.807, 2.05) is 0 Å². The van der Waals surface area contributed by atoms with Gasteiger partial charge in [0.15, 0.2) is 0 Å². The molecule has 138 valence electrons. The number of methoxy groups -OCH3 is 2. The maximum Gasteiger partial charge on any atom is 0.337 e. The van der Waals surface area contributed by atoms with Crippen molar-refractivity contribution in [2.24, 2.45) is 5.92 Å². The highest BCUT2D eigenvalue weighted by Gasteiger charge is 2.39. The fourth-order valence-electron chi connectivity index (χ4n) is 2.86. The summed E-state index contributed by atoms with van der Waals surface area (Å²) >= 11 is 0. The summed E-state index contributed by atoms with van der Waals surface area (Å²) in [5.41, 5.74) is 0.0707. The number of ether oxygens (including phenoxy) is 2. The number of piperidine rings is 1. The molecular formula is C16H21NO7S. The second kappa shape index (κ2) is 7.40. The highest BCUT2D eigenvalue weighted by molar-refractivity contribution is 7.89. The lowest BCUT2D eigenvalue weighted by Crippen LogP contribution is -2.47. The third-order valence-electron chi connectivity index (χ3n) is 4.35. The van der Waals surface area contributed by atoms with Gasteiger partial charge < -0.3 is 14.6 Å². The predicted octanol–water partition coefficient (Wildman–Crippen LogP) is 1.36. The largest absolute Gasteiger partial charge is 0.495 e. The standard InChI is InChI=1S/C16H21NO7S/c1-10-4-5-12(15(18)19)9-17(10)25(21,22)14-8-11(16(20)24-3)6-7-13(14)23-2/h6-8,10,12H,4-5,9H2,1-3H3,(H,18,19). The van der Waals surface area contributed by atoms with Gasteiger partial charge in [-0.3, -0.25) is 4.79 Å². The molecule has 2 rings (SSSR count). The first kappa shape index (κ1) is 19.2. The minimum absolute atomic E-state index is 0.0707. The van der Waals surface area contributed by atoms with Gasteiger partial charge in [-0.2, -0.15) is 4.31 Å². The number of hydrogen-bond acceptors (Lipinski definition) is 6. The molecule has 0 radical (unpaired) electrons. The topological polar surface area (TPSA) is 110 Å². The molecule has 0 saturated carbocycles. The van der Waals surface area contributed by atoms with E-state index in [-0.39, 0.29) is 28.8 Å². The van der Waals surface area contributed by atoms with E-state index < -0.39 is 27.9 Å². The van der Waals surface area contributed by atoms with Gasteiger partial charge in [-0.15, -0.1) is 0 Å². The van der Waals surface area contributed by atoms with Crippen molar-refractivity contribution in [2.75, 3.05) is 20.8 Å². The van der Waals surface area contributed by atoms with Gasteiger partial charge in [0.05, 0.1) is 25.7 Å². The van der Waals surface area contributed by atoms with Crippen molar-refractivity contribution in [3.63, 3.8) is 0 Å². The first-order valence-electron chi connectivity index (χ1n) is 7.73. The maximum absolute atomic E-state index is 13.1. The zero-order valence-electron chi connectivity index (χ0n) is 14.3. The van der Waals surface area contributed by atoms with E-state index in [4.69, 9.17) is 4.74 Å². The van der Waals surface area contributed by atoms with Crippen LogP contribution in [0.3, 0.4) is 0 Å². The van der Waals surface area contributed by atoms with Crippen molar-refractivity contribution < 1.29 is 32.6 Å². The van der Waals surface area contributed by atoms with E-state index in [1.165, 1.54) is 32.4 Å². The van der Waals surface area contributed by atoms with Crippen molar-refractivity contribution in [1.82, 2.24) is 4.31 Å². The van der Waals surface area contributed by atoms with E-state index in [9.17, 15) is 23.1 Å². The lowest BCUT2D eigenvalue weighted by Gasteiger charge is -2.35. The molecule has 8 nitrogen and oxygen atoms in total. The number of esters is 1. The number of carboxylic acids is 1. The van der Waals surface area contributed by atoms with Crippen LogP contribution in [0.25, 0.3) is 0 Å². The highest BCUT2D eigenvalue weighted by Crippen LogP contribution is 2.33. The second-order valence-electron chi connectivity index (χ2n) is 5.89. The summed E-state index contributed by atoms with van der Waals surface area (Å²) in [7, 11) is -1.52. The summed E-state index contributed by atoms with van der Waals surface area (Å²) < 4.78 is 37.1. The molecule has 1 N–H and O–H groups in total. The summed E-state index contributed by atoms with van der Waals surface area (Å²) in [5.74, 6) is -2.38. The van der Waals surface area contributed by atoms with Gasteiger partial charge in [-0.05, 0) is 38.0 Å². The predicted molar refractivity (Wildman–Crippen MR) is 88.0 cm³/mol. The quantitative estimate of drug-likeness (QED) is 0.778. The molecule has 0 amide bonds. The first-order valence-corrected chi connectivity index (χ1v) is 9.17. The number of sulfonamides is 1. The zero-order chi connectivity index (χ0) is 18.8. The summed E-state index contributed by atoms with van der Waals surface area (Å²) in [5, 5.41) is 9.22. The van der Waals surface area contributed by atoms with Crippen molar-refractivity contribution in [1.29, 1.82) is 0 Å². The Balaban J connectivity index is 2.50. The molecule has 2 unspecified atom stereocenters. The fraction of sp³-hybridized carbons (Fsp3) is 0.500. The second-order valence-corrected chi connectivity index (χ2v) is 7.75. The van der Waals surface area contributed by atoms with Crippen LogP contribution < -0.4 is 4.74 Å². The van der Waals surface area contributed by atoms with E-state index in [1.54, 1.807) is 6.92 Å². The third-order valence-corrected chi connectivity index (χ3v) is 6.35. The van der Waals surface area contributed by atoms with Crippen molar-refractivity contribution in [2.45, 2.75) is 30.7 Å². The Morgan fingerprint density at radius 2 is 1.92 bits per heavy atom. The van der Waals surface area contributed by atoms with Gasteiger partial charge in [0.1, 0.15) is 10.6 Å². The van der Waals surface area contributed by atoms with E-state index in [0.29, 0.717) is 12.8 Å². The number of rotatable bonds is 5. The Hall–Kier alpha value is -2.13. The summed E-state index contributed by atoms with van der Waals surface area (Å²) in [6.45, 7) is 1.61. The van der Waals surface area contributed by atoms with Crippen LogP contribution in [0.15, 0.2) is 23.1 Å². The van der Waals surface area contributed by atoms with E-state index >= 15 is 0 Å². The summed E-state index contributed by atoms with van der Waals surface area (Å²) in [6.07, 6.45) is 0.858. The van der Waals surface area contributed by atoms with Crippen LogP contribution in [0.5, 0.6) is 5.75 Å². The molecular weight excluding hydrogens is 350 g/mol. The Labute approximate surface area is 146 Å². The normalized spacial score (nSPS) is 21.6. The fourth-order valence-corrected chi connectivity index (χ4v) is 4.75. The Morgan fingerprint density at radius 1 is 1.24 bits per heavy atom.